The molecule has 0 aliphatic carbocycles. The maximum Gasteiger partial charge on any atom is 0.0827 e. The molecule has 1 aromatic carbocycles. The maximum absolute atomic E-state index is 8.98. The zero-order chi connectivity index (χ0) is 12.0. The molecule has 0 amide bonds. The van der Waals surface area contributed by atoms with E-state index in [0.29, 0.717) is 11.3 Å². The van der Waals surface area contributed by atoms with Gasteiger partial charge in [-0.25, -0.2) is 0 Å². The summed E-state index contributed by atoms with van der Waals surface area (Å²) in [5.41, 5.74) is 2.20. The Hall–Kier alpha value is 0.00390. The van der Waals surface area contributed by atoms with Crippen molar-refractivity contribution in [3.8, 4) is 0 Å². The second-order valence-corrected chi connectivity index (χ2v) is 3.09. The average molecular weight is 439 g/mol. The average Bonchev–Trinajstić information content (AvgIpc) is 2.35. The number of allylic oxidation sites excluding steroid dienone is 1. The van der Waals surface area contributed by atoms with E-state index in [1.54, 1.807) is 20.0 Å². The van der Waals surface area contributed by atoms with E-state index in [9.17, 15) is 0 Å². The summed E-state index contributed by atoms with van der Waals surface area (Å²) in [6.45, 7) is 6.91. The Morgan fingerprint density at radius 2 is 2.00 bits per heavy atom. The van der Waals surface area contributed by atoms with Gasteiger partial charge in [0, 0.05) is 65.5 Å². The van der Waals surface area contributed by atoms with Crippen molar-refractivity contribution in [2.75, 3.05) is 7.05 Å². The molecule has 0 unspecified atom stereocenters. The Bertz CT molecular complexity index is 447. The molecular weight excluding hydrogens is 426 g/mol. The van der Waals surface area contributed by atoms with Crippen LogP contribution >= 0.6 is 0 Å². The molecular formula is C12H13N3OVYb-2. The Morgan fingerprint density at radius 1 is 1.39 bits per heavy atom. The van der Waals surface area contributed by atoms with Crippen LogP contribution in [-0.2, 0) is 18.6 Å². The van der Waals surface area contributed by atoms with Crippen LogP contribution in [0, 0.1) is 46.9 Å². The van der Waals surface area contributed by atoms with Gasteiger partial charge in [-0.3, -0.25) is 6.72 Å². The van der Waals surface area contributed by atoms with Gasteiger partial charge in [-0.1, -0.05) is 31.3 Å². The summed E-state index contributed by atoms with van der Waals surface area (Å²) in [5, 5.41) is 12.8. The van der Waals surface area contributed by atoms with Crippen molar-refractivity contribution in [3.63, 3.8) is 0 Å². The number of hydrogen-bond acceptors (Lipinski definition) is 2. The molecule has 6 heteroatoms. The van der Waals surface area contributed by atoms with E-state index in [-0.39, 0.29) is 71.4 Å². The zero-order valence-electron chi connectivity index (χ0n) is 9.97. The van der Waals surface area contributed by atoms with E-state index in [1.165, 1.54) is 0 Å². The van der Waals surface area contributed by atoms with Crippen molar-refractivity contribution in [1.82, 2.24) is 0 Å². The van der Waals surface area contributed by atoms with E-state index >= 15 is 0 Å². The standard InChI is InChI=1S/C12H13N3O.V.Yb/c1-9(8-16)10-6-4-5-7-11(10)15-12(13-2)14-3;;/h2,4-8H,1,3H3,(H-,14,15,16);;/q-2;;. The van der Waals surface area contributed by atoms with Crippen molar-refractivity contribution in [3.05, 3.63) is 41.4 Å². The van der Waals surface area contributed by atoms with Crippen molar-refractivity contribution >= 4 is 23.9 Å². The van der Waals surface area contributed by atoms with Crippen molar-refractivity contribution < 1.29 is 70.6 Å². The Labute approximate surface area is 158 Å². The predicted octanol–water partition coefficient (Wildman–Crippen LogP) is 3.17. The zero-order valence-corrected chi connectivity index (χ0v) is 13.1. The molecule has 0 saturated carbocycles. The predicted molar refractivity (Wildman–Crippen MR) is 67.6 cm³/mol. The number of para-hydroxylation sites is 1. The first-order valence-electron chi connectivity index (χ1n) is 4.72. The molecule has 1 rings (SSSR count). The van der Waals surface area contributed by atoms with Gasteiger partial charge in [-0.05, 0) is 23.7 Å². The summed E-state index contributed by atoms with van der Waals surface area (Å²) in [6, 6.07) is 7.36. The molecule has 18 heavy (non-hydrogen) atoms. The summed E-state index contributed by atoms with van der Waals surface area (Å²) in [5.74, 6) is 0.207. The van der Waals surface area contributed by atoms with Crippen LogP contribution in [-0.4, -0.2) is 24.8 Å². The first kappa shape index (κ1) is 20.3. The number of guanidine groups is 1. The number of nitrogens with zero attached hydrogens (tertiary/aromatic N) is 3. The summed E-state index contributed by atoms with van der Waals surface area (Å²) < 4.78 is 0. The summed E-state index contributed by atoms with van der Waals surface area (Å²) >= 11 is 0. The molecule has 1 N–H and O–H groups in total. The molecule has 1 aromatic rings. The Balaban J connectivity index is 0. The van der Waals surface area contributed by atoms with Gasteiger partial charge in [0.15, 0.2) is 0 Å². The first-order valence-corrected chi connectivity index (χ1v) is 4.72. The van der Waals surface area contributed by atoms with Crippen molar-refractivity contribution in [2.24, 2.45) is 9.98 Å². The van der Waals surface area contributed by atoms with E-state index in [1.807, 2.05) is 18.2 Å². The van der Waals surface area contributed by atoms with Gasteiger partial charge < -0.3 is 20.4 Å². The molecule has 0 bridgehead atoms. The fourth-order valence-corrected chi connectivity index (χ4v) is 1.22. The van der Waals surface area contributed by atoms with Crippen LogP contribution in [0.5, 0.6) is 0 Å². The van der Waals surface area contributed by atoms with Gasteiger partial charge in [-0.2, -0.15) is 0 Å². The van der Waals surface area contributed by atoms with Crippen molar-refractivity contribution in [1.29, 1.82) is 0 Å². The quantitative estimate of drug-likeness (QED) is 0.327. The summed E-state index contributed by atoms with van der Waals surface area (Å²) in [7, 11) is 1.56. The van der Waals surface area contributed by atoms with Crippen LogP contribution in [0.1, 0.15) is 12.5 Å². The summed E-state index contributed by atoms with van der Waals surface area (Å²) in [4.78, 5) is 7.60. The second-order valence-electron chi connectivity index (χ2n) is 3.09. The minimum absolute atomic E-state index is 0. The molecule has 0 aromatic heterocycles. The SMILES string of the molecule is [CH-]=NC(=Nc1ccccc1C(C)=CO)[N-]C.[V].[Yb]. The number of rotatable bonds is 2. The third kappa shape index (κ3) is 5.76. The van der Waals surface area contributed by atoms with E-state index in [2.05, 4.69) is 15.3 Å². The van der Waals surface area contributed by atoms with Crippen LogP contribution in [0.4, 0.5) is 5.69 Å². The van der Waals surface area contributed by atoms with E-state index < -0.39 is 0 Å². The van der Waals surface area contributed by atoms with Gasteiger partial charge in [0.2, 0.25) is 0 Å². The van der Waals surface area contributed by atoms with Crippen LogP contribution in [0.2, 0.25) is 0 Å². The van der Waals surface area contributed by atoms with Crippen LogP contribution < -0.4 is 0 Å². The topological polar surface area (TPSA) is 59.1 Å². The first-order chi connectivity index (χ1) is 7.72. The van der Waals surface area contributed by atoms with Crippen LogP contribution in [0.3, 0.4) is 0 Å². The molecule has 0 saturated heterocycles. The number of aliphatic hydroxyl groups excluding tert-OH is 1. The van der Waals surface area contributed by atoms with Crippen LogP contribution in [0.15, 0.2) is 40.5 Å². The molecule has 0 aliphatic heterocycles. The third-order valence-electron chi connectivity index (χ3n) is 2.06. The van der Waals surface area contributed by atoms with Gasteiger partial charge in [-0.15, -0.1) is 5.96 Å². The third-order valence-corrected chi connectivity index (χ3v) is 2.06. The van der Waals surface area contributed by atoms with E-state index in [4.69, 9.17) is 11.8 Å². The molecule has 103 valence electrons. The smallest absolute Gasteiger partial charge is 0.0827 e. The molecule has 0 atom stereocenters. The molecule has 1 radical (unpaired) electrons. The minimum Gasteiger partial charge on any atom is -0.575 e. The normalized spacial score (nSPS) is 11.0. The maximum atomic E-state index is 8.98. The van der Waals surface area contributed by atoms with Gasteiger partial charge >= 0.3 is 0 Å². The Morgan fingerprint density at radius 3 is 2.50 bits per heavy atom. The molecule has 0 fully saturated rings. The van der Waals surface area contributed by atoms with Crippen molar-refractivity contribution in [2.45, 2.75) is 6.92 Å². The van der Waals surface area contributed by atoms with Crippen LogP contribution in [0.25, 0.3) is 10.9 Å². The van der Waals surface area contributed by atoms with Gasteiger partial charge in [0.25, 0.3) is 0 Å². The van der Waals surface area contributed by atoms with Gasteiger partial charge in [0.1, 0.15) is 0 Å². The fourth-order valence-electron chi connectivity index (χ4n) is 1.22. The summed E-state index contributed by atoms with van der Waals surface area (Å²) in [6.07, 6.45) is 1.04. The molecule has 0 heterocycles. The largest absolute Gasteiger partial charge is 0.575 e. The minimum atomic E-state index is 0. The Kier molecular flexibility index (Phi) is 12.3. The number of hydrogen-bond donors (Lipinski definition) is 1. The number of aliphatic imine (C=N–C) groups is 2. The monoisotopic (exact) mass is 440 g/mol. The number of aliphatic hydroxyl groups is 1. The second kappa shape index (κ2) is 10.9. The number of benzene rings is 1. The van der Waals surface area contributed by atoms with Gasteiger partial charge in [0.05, 0.1) is 6.26 Å². The molecule has 0 spiro atoms. The fraction of sp³-hybridized carbons (Fsp3) is 0.167. The van der Waals surface area contributed by atoms with E-state index in [0.717, 1.165) is 11.8 Å². The molecule has 4 nitrogen and oxygen atoms in total. The molecule has 0 aliphatic rings.